The fourth-order valence-corrected chi connectivity index (χ4v) is 2.27. The van der Waals surface area contributed by atoms with Crippen LogP contribution in [-0.4, -0.2) is 66.1 Å². The summed E-state index contributed by atoms with van der Waals surface area (Å²) in [7, 11) is 0. The normalized spacial score (nSPS) is 14.8. The van der Waals surface area contributed by atoms with E-state index in [2.05, 4.69) is 10.3 Å². The van der Waals surface area contributed by atoms with Gasteiger partial charge in [0.1, 0.15) is 0 Å². The Hall–Kier alpha value is -2.15. The van der Waals surface area contributed by atoms with Crippen molar-refractivity contribution in [2.45, 2.75) is 13.5 Å². The first-order valence-electron chi connectivity index (χ1n) is 7.50. The molecular weight excluding hydrogens is 284 g/mol. The average molecular weight is 306 g/mol. The molecule has 7 heteroatoms. The van der Waals surface area contributed by atoms with Crippen LogP contribution in [0.5, 0.6) is 0 Å². The number of amides is 2. The van der Waals surface area contributed by atoms with Gasteiger partial charge in [0.2, 0.25) is 5.91 Å². The van der Waals surface area contributed by atoms with E-state index in [0.717, 1.165) is 5.69 Å². The highest BCUT2D eigenvalue weighted by Gasteiger charge is 2.24. The number of nitrogens with one attached hydrogen (secondary N) is 1. The molecule has 0 bridgehead atoms. The summed E-state index contributed by atoms with van der Waals surface area (Å²) in [6, 6.07) is 5.69. The largest absolute Gasteiger partial charge is 0.450 e. The standard InChI is InChI=1S/C15H22N4O3/c1-2-22-15(21)19-9-7-18(8-10-19)14(20)12-16-11-13-5-3-4-6-17-13/h3-6,16H,2,7-12H2,1H3. The van der Waals surface area contributed by atoms with Crippen molar-refractivity contribution in [3.8, 4) is 0 Å². The van der Waals surface area contributed by atoms with E-state index < -0.39 is 0 Å². The summed E-state index contributed by atoms with van der Waals surface area (Å²) in [6.45, 7) is 5.12. The lowest BCUT2D eigenvalue weighted by Crippen LogP contribution is -2.52. The molecule has 0 aromatic carbocycles. The van der Waals surface area contributed by atoms with E-state index in [1.165, 1.54) is 0 Å². The van der Waals surface area contributed by atoms with E-state index in [-0.39, 0.29) is 18.5 Å². The molecule has 120 valence electrons. The van der Waals surface area contributed by atoms with Gasteiger partial charge in [-0.1, -0.05) is 6.07 Å². The van der Waals surface area contributed by atoms with Crippen LogP contribution in [0.15, 0.2) is 24.4 Å². The van der Waals surface area contributed by atoms with Gasteiger partial charge in [-0.3, -0.25) is 9.78 Å². The number of ether oxygens (including phenoxy) is 1. The van der Waals surface area contributed by atoms with Crippen molar-refractivity contribution in [3.05, 3.63) is 30.1 Å². The Labute approximate surface area is 130 Å². The van der Waals surface area contributed by atoms with Crippen molar-refractivity contribution < 1.29 is 14.3 Å². The first kappa shape index (κ1) is 16.2. The molecule has 1 fully saturated rings. The first-order chi connectivity index (χ1) is 10.7. The molecule has 0 atom stereocenters. The van der Waals surface area contributed by atoms with Gasteiger partial charge in [0.25, 0.3) is 0 Å². The fourth-order valence-electron chi connectivity index (χ4n) is 2.27. The number of rotatable bonds is 5. The summed E-state index contributed by atoms with van der Waals surface area (Å²) in [5, 5.41) is 3.09. The number of pyridine rings is 1. The summed E-state index contributed by atoms with van der Waals surface area (Å²) < 4.78 is 4.96. The monoisotopic (exact) mass is 306 g/mol. The fraction of sp³-hybridized carbons (Fsp3) is 0.533. The predicted molar refractivity (Wildman–Crippen MR) is 81.1 cm³/mol. The Morgan fingerprint density at radius 2 is 1.95 bits per heavy atom. The maximum atomic E-state index is 12.1. The van der Waals surface area contributed by atoms with Crippen molar-refractivity contribution in [1.29, 1.82) is 0 Å². The van der Waals surface area contributed by atoms with E-state index in [1.54, 1.807) is 22.9 Å². The van der Waals surface area contributed by atoms with E-state index in [1.807, 2.05) is 18.2 Å². The van der Waals surface area contributed by atoms with E-state index in [4.69, 9.17) is 4.74 Å². The topological polar surface area (TPSA) is 74.8 Å². The molecule has 2 amide bonds. The van der Waals surface area contributed by atoms with Gasteiger partial charge in [0, 0.05) is 38.9 Å². The minimum absolute atomic E-state index is 0.0411. The molecule has 1 saturated heterocycles. The Morgan fingerprint density at radius 3 is 2.59 bits per heavy atom. The van der Waals surface area contributed by atoms with Gasteiger partial charge >= 0.3 is 6.09 Å². The highest BCUT2D eigenvalue weighted by atomic mass is 16.6. The zero-order valence-electron chi connectivity index (χ0n) is 12.8. The number of piperazine rings is 1. The number of nitrogens with zero attached hydrogens (tertiary/aromatic N) is 3. The number of aromatic nitrogens is 1. The summed E-state index contributed by atoms with van der Waals surface area (Å²) in [5.74, 6) is 0.0411. The summed E-state index contributed by atoms with van der Waals surface area (Å²) in [4.78, 5) is 31.3. The van der Waals surface area contributed by atoms with Gasteiger partial charge in [-0.25, -0.2) is 4.79 Å². The second-order valence-corrected chi connectivity index (χ2v) is 4.99. The molecule has 7 nitrogen and oxygen atoms in total. The average Bonchev–Trinajstić information content (AvgIpc) is 2.56. The number of carbonyl (C=O) groups excluding carboxylic acids is 2. The molecule has 0 aliphatic carbocycles. The van der Waals surface area contributed by atoms with Crippen molar-refractivity contribution in [2.24, 2.45) is 0 Å². The van der Waals surface area contributed by atoms with Crippen LogP contribution < -0.4 is 5.32 Å². The molecule has 0 saturated carbocycles. The lowest BCUT2D eigenvalue weighted by Gasteiger charge is -2.34. The van der Waals surface area contributed by atoms with Gasteiger partial charge in [-0.05, 0) is 19.1 Å². The molecule has 2 heterocycles. The van der Waals surface area contributed by atoms with Crippen LogP contribution in [0, 0.1) is 0 Å². The molecule has 0 unspecified atom stereocenters. The molecular formula is C15H22N4O3. The molecule has 2 rings (SSSR count). The van der Waals surface area contributed by atoms with Gasteiger partial charge in [0.15, 0.2) is 0 Å². The Morgan fingerprint density at radius 1 is 1.23 bits per heavy atom. The van der Waals surface area contributed by atoms with Gasteiger partial charge in [0.05, 0.1) is 18.8 Å². The van der Waals surface area contributed by atoms with Crippen LogP contribution >= 0.6 is 0 Å². The van der Waals surface area contributed by atoms with Crippen LogP contribution in [-0.2, 0) is 16.1 Å². The minimum atomic E-state index is -0.303. The highest BCUT2D eigenvalue weighted by Crippen LogP contribution is 2.04. The Kier molecular flexibility index (Phi) is 6.14. The highest BCUT2D eigenvalue weighted by molar-refractivity contribution is 5.78. The van der Waals surface area contributed by atoms with Crippen LogP contribution in [0.1, 0.15) is 12.6 Å². The van der Waals surface area contributed by atoms with Crippen molar-refractivity contribution >= 4 is 12.0 Å². The molecule has 0 spiro atoms. The maximum absolute atomic E-state index is 12.1. The second-order valence-electron chi connectivity index (χ2n) is 4.99. The second kappa shape index (κ2) is 8.33. The van der Waals surface area contributed by atoms with E-state index in [9.17, 15) is 9.59 Å². The molecule has 1 aromatic heterocycles. The van der Waals surface area contributed by atoms with E-state index in [0.29, 0.717) is 39.3 Å². The van der Waals surface area contributed by atoms with Crippen molar-refractivity contribution in [3.63, 3.8) is 0 Å². The van der Waals surface area contributed by atoms with Gasteiger partial charge in [-0.2, -0.15) is 0 Å². The SMILES string of the molecule is CCOC(=O)N1CCN(C(=O)CNCc2ccccn2)CC1. The molecule has 1 aliphatic rings. The van der Waals surface area contributed by atoms with Crippen LogP contribution in [0.25, 0.3) is 0 Å². The Balaban J connectivity index is 1.68. The third-order valence-electron chi connectivity index (χ3n) is 3.47. The molecule has 1 aromatic rings. The van der Waals surface area contributed by atoms with Crippen molar-refractivity contribution in [1.82, 2.24) is 20.1 Å². The van der Waals surface area contributed by atoms with Crippen LogP contribution in [0.3, 0.4) is 0 Å². The number of carbonyl (C=O) groups is 2. The Bertz CT molecular complexity index is 487. The van der Waals surface area contributed by atoms with Gasteiger partial charge in [-0.15, -0.1) is 0 Å². The minimum Gasteiger partial charge on any atom is -0.450 e. The number of hydrogen-bond donors (Lipinski definition) is 1. The molecule has 1 aliphatic heterocycles. The van der Waals surface area contributed by atoms with Crippen LogP contribution in [0.2, 0.25) is 0 Å². The third kappa shape index (κ3) is 4.70. The molecule has 22 heavy (non-hydrogen) atoms. The summed E-state index contributed by atoms with van der Waals surface area (Å²) in [5.41, 5.74) is 0.905. The zero-order chi connectivity index (χ0) is 15.8. The molecule has 1 N–H and O–H groups in total. The first-order valence-corrected chi connectivity index (χ1v) is 7.50. The third-order valence-corrected chi connectivity index (χ3v) is 3.47. The summed E-state index contributed by atoms with van der Waals surface area (Å²) in [6.07, 6.45) is 1.43. The van der Waals surface area contributed by atoms with E-state index >= 15 is 0 Å². The van der Waals surface area contributed by atoms with Crippen LogP contribution in [0.4, 0.5) is 4.79 Å². The van der Waals surface area contributed by atoms with Crippen molar-refractivity contribution in [2.75, 3.05) is 39.3 Å². The maximum Gasteiger partial charge on any atom is 0.409 e. The lowest BCUT2D eigenvalue weighted by molar-refractivity contribution is -0.131. The smallest absolute Gasteiger partial charge is 0.409 e. The predicted octanol–water partition coefficient (Wildman–Crippen LogP) is 0.472. The lowest BCUT2D eigenvalue weighted by atomic mass is 10.3. The van der Waals surface area contributed by atoms with Gasteiger partial charge < -0.3 is 19.9 Å². The summed E-state index contributed by atoms with van der Waals surface area (Å²) >= 11 is 0. The molecule has 0 radical (unpaired) electrons. The number of hydrogen-bond acceptors (Lipinski definition) is 5. The quantitative estimate of drug-likeness (QED) is 0.856. The zero-order valence-corrected chi connectivity index (χ0v) is 12.8.